The number of oxazole rings is 1. The van der Waals surface area contributed by atoms with E-state index in [2.05, 4.69) is 16.4 Å². The van der Waals surface area contributed by atoms with Crippen molar-refractivity contribution in [2.75, 3.05) is 31.1 Å². The molecule has 0 amide bonds. The number of piperazine rings is 1. The second-order valence-corrected chi connectivity index (χ2v) is 4.97. The highest BCUT2D eigenvalue weighted by Crippen LogP contribution is 2.29. The zero-order valence-corrected chi connectivity index (χ0v) is 11.5. The molecule has 0 spiro atoms. The minimum Gasteiger partial charge on any atom is -0.419 e. The van der Waals surface area contributed by atoms with Crippen LogP contribution in [0.3, 0.4) is 0 Å². The van der Waals surface area contributed by atoms with Crippen LogP contribution in [-0.2, 0) is 0 Å². The molecule has 0 unspecified atom stereocenters. The standard InChI is InChI=1S/C14H13ClN4O/c15-11-3-1-2-10(8-11)13-18-12(9-16)14(20-13)19-6-4-17-5-7-19/h1-3,8,17H,4-7H2. The maximum Gasteiger partial charge on any atom is 0.235 e. The molecule has 0 radical (unpaired) electrons. The first-order valence-electron chi connectivity index (χ1n) is 6.40. The number of aromatic nitrogens is 1. The van der Waals surface area contributed by atoms with E-state index in [1.165, 1.54) is 0 Å². The molecule has 0 bridgehead atoms. The molecule has 102 valence electrons. The molecular formula is C14H13ClN4O. The average molecular weight is 289 g/mol. The van der Waals surface area contributed by atoms with Gasteiger partial charge in [0.1, 0.15) is 6.07 Å². The molecule has 1 N–H and O–H groups in total. The number of hydrogen-bond donors (Lipinski definition) is 1. The lowest BCUT2D eigenvalue weighted by molar-refractivity contribution is 0.512. The molecule has 0 aliphatic carbocycles. The third-order valence-corrected chi connectivity index (χ3v) is 3.43. The Labute approximate surface area is 121 Å². The van der Waals surface area contributed by atoms with Gasteiger partial charge in [-0.25, -0.2) is 0 Å². The van der Waals surface area contributed by atoms with Gasteiger partial charge in [-0.05, 0) is 18.2 Å². The van der Waals surface area contributed by atoms with Crippen LogP contribution >= 0.6 is 11.6 Å². The van der Waals surface area contributed by atoms with E-state index < -0.39 is 0 Å². The fourth-order valence-corrected chi connectivity index (χ4v) is 2.40. The summed E-state index contributed by atoms with van der Waals surface area (Å²) in [5.41, 5.74) is 1.09. The van der Waals surface area contributed by atoms with Crippen LogP contribution in [-0.4, -0.2) is 31.2 Å². The number of halogens is 1. The fourth-order valence-electron chi connectivity index (χ4n) is 2.21. The van der Waals surface area contributed by atoms with E-state index in [1.807, 2.05) is 17.0 Å². The molecular weight excluding hydrogens is 276 g/mol. The van der Waals surface area contributed by atoms with Crippen molar-refractivity contribution in [2.45, 2.75) is 0 Å². The average Bonchev–Trinajstić information content (AvgIpc) is 2.92. The highest BCUT2D eigenvalue weighted by atomic mass is 35.5. The lowest BCUT2D eigenvalue weighted by Gasteiger charge is -2.26. The van der Waals surface area contributed by atoms with Crippen molar-refractivity contribution in [1.82, 2.24) is 10.3 Å². The van der Waals surface area contributed by atoms with E-state index in [9.17, 15) is 5.26 Å². The maximum atomic E-state index is 9.22. The van der Waals surface area contributed by atoms with Crippen molar-refractivity contribution in [3.63, 3.8) is 0 Å². The van der Waals surface area contributed by atoms with Gasteiger partial charge in [-0.2, -0.15) is 10.2 Å². The van der Waals surface area contributed by atoms with E-state index in [0.717, 1.165) is 31.7 Å². The van der Waals surface area contributed by atoms with Crippen LogP contribution < -0.4 is 10.2 Å². The van der Waals surface area contributed by atoms with Crippen molar-refractivity contribution in [2.24, 2.45) is 0 Å². The Bertz CT molecular complexity index is 655. The van der Waals surface area contributed by atoms with Crippen LogP contribution in [0, 0.1) is 11.3 Å². The largest absolute Gasteiger partial charge is 0.419 e. The molecule has 2 aromatic rings. The molecule has 0 atom stereocenters. The molecule has 1 aromatic carbocycles. The Balaban J connectivity index is 1.98. The number of hydrogen-bond acceptors (Lipinski definition) is 5. The molecule has 20 heavy (non-hydrogen) atoms. The lowest BCUT2D eigenvalue weighted by Crippen LogP contribution is -2.43. The van der Waals surface area contributed by atoms with E-state index in [0.29, 0.717) is 22.5 Å². The van der Waals surface area contributed by atoms with Crippen molar-refractivity contribution in [3.8, 4) is 17.5 Å². The summed E-state index contributed by atoms with van der Waals surface area (Å²) >= 11 is 5.97. The third kappa shape index (κ3) is 2.48. The first-order chi connectivity index (χ1) is 9.78. The Morgan fingerprint density at radius 1 is 1.35 bits per heavy atom. The molecule has 3 rings (SSSR count). The zero-order chi connectivity index (χ0) is 13.9. The number of nitrogens with one attached hydrogen (secondary N) is 1. The SMILES string of the molecule is N#Cc1nc(-c2cccc(Cl)c2)oc1N1CCNCC1. The normalized spacial score (nSPS) is 15.1. The van der Waals surface area contributed by atoms with Gasteiger partial charge in [-0.1, -0.05) is 17.7 Å². The number of nitriles is 1. The van der Waals surface area contributed by atoms with Gasteiger partial charge in [0, 0.05) is 36.8 Å². The smallest absolute Gasteiger partial charge is 0.235 e. The first kappa shape index (κ1) is 13.0. The number of rotatable bonds is 2. The van der Waals surface area contributed by atoms with Gasteiger partial charge in [0.2, 0.25) is 17.5 Å². The van der Waals surface area contributed by atoms with Crippen LogP contribution in [0.4, 0.5) is 5.88 Å². The monoisotopic (exact) mass is 288 g/mol. The summed E-state index contributed by atoms with van der Waals surface area (Å²) in [7, 11) is 0. The van der Waals surface area contributed by atoms with Gasteiger partial charge in [0.25, 0.3) is 0 Å². The van der Waals surface area contributed by atoms with Gasteiger partial charge in [0.15, 0.2) is 0 Å². The van der Waals surface area contributed by atoms with E-state index in [-0.39, 0.29) is 0 Å². The molecule has 5 nitrogen and oxygen atoms in total. The van der Waals surface area contributed by atoms with E-state index in [1.54, 1.807) is 12.1 Å². The molecule has 1 fully saturated rings. The summed E-state index contributed by atoms with van der Waals surface area (Å²) in [4.78, 5) is 6.30. The van der Waals surface area contributed by atoms with Gasteiger partial charge in [0.05, 0.1) is 0 Å². The van der Waals surface area contributed by atoms with Crippen molar-refractivity contribution in [3.05, 3.63) is 35.0 Å². The van der Waals surface area contributed by atoms with Crippen molar-refractivity contribution in [1.29, 1.82) is 5.26 Å². The Morgan fingerprint density at radius 3 is 2.85 bits per heavy atom. The summed E-state index contributed by atoms with van der Waals surface area (Å²) < 4.78 is 5.79. The van der Waals surface area contributed by atoms with Gasteiger partial charge in [-0.15, -0.1) is 0 Å². The van der Waals surface area contributed by atoms with Gasteiger partial charge < -0.3 is 14.6 Å². The first-order valence-corrected chi connectivity index (χ1v) is 6.78. The van der Waals surface area contributed by atoms with E-state index >= 15 is 0 Å². The molecule has 1 saturated heterocycles. The van der Waals surface area contributed by atoms with Crippen molar-refractivity contribution < 1.29 is 4.42 Å². The minimum atomic E-state index is 0.321. The molecule has 6 heteroatoms. The van der Waals surface area contributed by atoms with Crippen LogP contribution in [0.1, 0.15) is 5.69 Å². The molecule has 0 saturated carbocycles. The predicted molar refractivity (Wildman–Crippen MR) is 76.7 cm³/mol. The van der Waals surface area contributed by atoms with Crippen LogP contribution in [0.2, 0.25) is 5.02 Å². The molecule has 1 aliphatic rings. The highest BCUT2D eigenvalue weighted by Gasteiger charge is 2.21. The second kappa shape index (κ2) is 5.53. The summed E-state index contributed by atoms with van der Waals surface area (Å²) in [6.07, 6.45) is 0. The quantitative estimate of drug-likeness (QED) is 0.918. The van der Waals surface area contributed by atoms with Crippen molar-refractivity contribution >= 4 is 17.5 Å². The molecule has 1 aliphatic heterocycles. The zero-order valence-electron chi connectivity index (χ0n) is 10.8. The summed E-state index contributed by atoms with van der Waals surface area (Å²) in [6.45, 7) is 3.36. The van der Waals surface area contributed by atoms with Crippen LogP contribution in [0.25, 0.3) is 11.5 Å². The molecule has 1 aromatic heterocycles. The fraction of sp³-hybridized carbons (Fsp3) is 0.286. The number of benzene rings is 1. The molecule has 2 heterocycles. The van der Waals surface area contributed by atoms with Gasteiger partial charge >= 0.3 is 0 Å². The maximum absolute atomic E-state index is 9.22. The Kier molecular flexibility index (Phi) is 3.59. The highest BCUT2D eigenvalue weighted by molar-refractivity contribution is 6.30. The Morgan fingerprint density at radius 2 is 2.15 bits per heavy atom. The number of anilines is 1. The van der Waals surface area contributed by atoms with Crippen LogP contribution in [0.5, 0.6) is 0 Å². The Hall–Kier alpha value is -2.03. The summed E-state index contributed by atoms with van der Waals surface area (Å²) in [5, 5.41) is 13.1. The minimum absolute atomic E-state index is 0.321. The predicted octanol–water partition coefficient (Wildman–Crippen LogP) is 2.28. The number of nitrogens with zero attached hydrogens (tertiary/aromatic N) is 3. The summed E-state index contributed by atoms with van der Waals surface area (Å²) in [6, 6.07) is 9.35. The lowest BCUT2D eigenvalue weighted by atomic mass is 10.2. The third-order valence-electron chi connectivity index (χ3n) is 3.19. The van der Waals surface area contributed by atoms with Gasteiger partial charge in [-0.3, -0.25) is 0 Å². The van der Waals surface area contributed by atoms with Crippen LogP contribution in [0.15, 0.2) is 28.7 Å². The van der Waals surface area contributed by atoms with E-state index in [4.69, 9.17) is 16.0 Å². The summed E-state index contributed by atoms with van der Waals surface area (Å²) in [5.74, 6) is 0.974. The second-order valence-electron chi connectivity index (χ2n) is 4.53. The topological polar surface area (TPSA) is 65.1 Å².